The summed E-state index contributed by atoms with van der Waals surface area (Å²) in [6.45, 7) is 0. The number of carbonyl (C=O) groups is 1. The van der Waals surface area contributed by atoms with Crippen LogP contribution < -0.4 is 11.0 Å². The van der Waals surface area contributed by atoms with Crippen LogP contribution in [0.3, 0.4) is 0 Å². The van der Waals surface area contributed by atoms with Crippen molar-refractivity contribution < 1.29 is 4.79 Å². The molecule has 2 N–H and O–H groups in total. The van der Waals surface area contributed by atoms with Crippen molar-refractivity contribution >= 4 is 12.6 Å². The van der Waals surface area contributed by atoms with Crippen molar-refractivity contribution in [2.24, 2.45) is 5.10 Å². The lowest BCUT2D eigenvalue weighted by molar-refractivity contribution is -0.110. The summed E-state index contributed by atoms with van der Waals surface area (Å²) in [5.41, 5.74) is 5.50. The Hall–Kier alpha value is -1.84. The largest absolute Gasteiger partial charge is 0.277 e. The van der Waals surface area contributed by atoms with E-state index in [9.17, 15) is 4.79 Å². The second-order valence-corrected chi connectivity index (χ2v) is 2.04. The van der Waals surface area contributed by atoms with Crippen LogP contribution >= 0.6 is 0 Å². The zero-order chi connectivity index (χ0) is 8.65. The summed E-state index contributed by atoms with van der Waals surface area (Å²) in [5.74, 6) is 0. The van der Waals surface area contributed by atoms with E-state index in [4.69, 9.17) is 0 Å². The highest BCUT2D eigenvalue weighted by Crippen LogP contribution is 1.92. The lowest BCUT2D eigenvalue weighted by Gasteiger charge is -1.93. The normalized spacial score (nSPS) is 9.67. The number of rotatable bonds is 4. The van der Waals surface area contributed by atoms with E-state index in [2.05, 4.69) is 16.1 Å². The lowest BCUT2D eigenvalue weighted by Crippen LogP contribution is -2.24. The van der Waals surface area contributed by atoms with Gasteiger partial charge in [0.1, 0.15) is 0 Å². The Morgan fingerprint density at radius 3 is 2.67 bits per heavy atom. The van der Waals surface area contributed by atoms with E-state index in [0.717, 1.165) is 5.56 Å². The highest BCUT2D eigenvalue weighted by molar-refractivity contribution is 5.79. The fourth-order valence-electron chi connectivity index (χ4n) is 0.710. The summed E-state index contributed by atoms with van der Waals surface area (Å²) in [4.78, 5) is 9.77. The van der Waals surface area contributed by atoms with Gasteiger partial charge in [-0.2, -0.15) is 5.10 Å². The smallest absolute Gasteiger partial charge is 0.226 e. The van der Waals surface area contributed by atoms with E-state index in [1.165, 1.54) is 0 Å². The van der Waals surface area contributed by atoms with Crippen molar-refractivity contribution in [1.29, 1.82) is 0 Å². The van der Waals surface area contributed by atoms with Crippen molar-refractivity contribution in [3.63, 3.8) is 0 Å². The second-order valence-electron chi connectivity index (χ2n) is 2.04. The first-order valence-corrected chi connectivity index (χ1v) is 3.46. The molecule has 0 atom stereocenters. The van der Waals surface area contributed by atoms with Crippen molar-refractivity contribution in [2.75, 3.05) is 0 Å². The molecular formula is C8H9N3O. The maximum Gasteiger partial charge on any atom is 0.226 e. The molecule has 0 aliphatic rings. The Labute approximate surface area is 70.3 Å². The van der Waals surface area contributed by atoms with Crippen LogP contribution in [0, 0.1) is 0 Å². The molecule has 12 heavy (non-hydrogen) atoms. The number of nitrogens with zero attached hydrogens (tertiary/aromatic N) is 1. The molecule has 0 radical (unpaired) electrons. The molecule has 4 heteroatoms. The minimum absolute atomic E-state index is 0.516. The first kappa shape index (κ1) is 8.26. The molecule has 0 unspecified atom stereocenters. The zero-order valence-electron chi connectivity index (χ0n) is 6.40. The van der Waals surface area contributed by atoms with Gasteiger partial charge in [-0.05, 0) is 5.56 Å². The van der Waals surface area contributed by atoms with Gasteiger partial charge in [0.05, 0.1) is 6.21 Å². The van der Waals surface area contributed by atoms with Gasteiger partial charge < -0.3 is 0 Å². The maximum absolute atomic E-state index is 9.77. The summed E-state index contributed by atoms with van der Waals surface area (Å²) < 4.78 is 0. The van der Waals surface area contributed by atoms with Gasteiger partial charge in [-0.1, -0.05) is 30.3 Å². The van der Waals surface area contributed by atoms with Crippen LogP contribution in [0.15, 0.2) is 35.4 Å². The molecule has 1 amide bonds. The number of nitrogens with one attached hydrogen (secondary N) is 2. The predicted octanol–water partition coefficient (Wildman–Crippen LogP) is 0.271. The molecular weight excluding hydrogens is 154 g/mol. The van der Waals surface area contributed by atoms with Crippen molar-refractivity contribution in [2.45, 2.75) is 0 Å². The molecule has 0 heterocycles. The van der Waals surface area contributed by atoms with E-state index >= 15 is 0 Å². The second kappa shape index (κ2) is 4.90. The molecule has 0 aliphatic heterocycles. The summed E-state index contributed by atoms with van der Waals surface area (Å²) >= 11 is 0. The topological polar surface area (TPSA) is 53.5 Å². The van der Waals surface area contributed by atoms with Gasteiger partial charge in [0.2, 0.25) is 6.41 Å². The number of amides is 1. The number of hydrazone groups is 1. The van der Waals surface area contributed by atoms with Crippen molar-refractivity contribution in [1.82, 2.24) is 11.0 Å². The Balaban J connectivity index is 2.41. The third-order valence-electron chi connectivity index (χ3n) is 1.20. The zero-order valence-corrected chi connectivity index (χ0v) is 6.40. The van der Waals surface area contributed by atoms with Gasteiger partial charge in [-0.3, -0.25) is 10.2 Å². The molecule has 0 saturated heterocycles. The van der Waals surface area contributed by atoms with Gasteiger partial charge in [0.25, 0.3) is 0 Å². The van der Waals surface area contributed by atoms with Crippen LogP contribution in [0.25, 0.3) is 0 Å². The molecule has 0 spiro atoms. The monoisotopic (exact) mass is 163 g/mol. The van der Waals surface area contributed by atoms with Crippen LogP contribution in [-0.2, 0) is 4.79 Å². The van der Waals surface area contributed by atoms with Crippen LogP contribution in [0.2, 0.25) is 0 Å². The fraction of sp³-hybridized carbons (Fsp3) is 0. The lowest BCUT2D eigenvalue weighted by atomic mass is 10.2. The Kier molecular flexibility index (Phi) is 3.37. The summed E-state index contributed by atoms with van der Waals surface area (Å²) in [5, 5.41) is 3.71. The molecule has 0 fully saturated rings. The quantitative estimate of drug-likeness (QED) is 0.290. The van der Waals surface area contributed by atoms with Crippen molar-refractivity contribution in [3.05, 3.63) is 35.9 Å². The SMILES string of the molecule is O=CNNN=Cc1ccccc1. The highest BCUT2D eigenvalue weighted by atomic mass is 16.1. The number of hydrogen-bond acceptors (Lipinski definition) is 3. The predicted molar refractivity (Wildman–Crippen MR) is 46.4 cm³/mol. The molecule has 1 rings (SSSR count). The van der Waals surface area contributed by atoms with Gasteiger partial charge in [0, 0.05) is 0 Å². The van der Waals surface area contributed by atoms with Crippen LogP contribution in [0.1, 0.15) is 5.56 Å². The van der Waals surface area contributed by atoms with Gasteiger partial charge in [-0.15, -0.1) is 0 Å². The van der Waals surface area contributed by atoms with Gasteiger partial charge in [-0.25, -0.2) is 5.53 Å². The van der Waals surface area contributed by atoms with E-state index in [1.807, 2.05) is 30.3 Å². The van der Waals surface area contributed by atoms with E-state index in [1.54, 1.807) is 6.21 Å². The first-order valence-electron chi connectivity index (χ1n) is 3.46. The molecule has 62 valence electrons. The van der Waals surface area contributed by atoms with Crippen LogP contribution in [0.5, 0.6) is 0 Å². The molecule has 0 aromatic heterocycles. The highest BCUT2D eigenvalue weighted by Gasteiger charge is 1.81. The van der Waals surface area contributed by atoms with Crippen LogP contribution in [-0.4, -0.2) is 12.6 Å². The summed E-state index contributed by atoms with van der Waals surface area (Å²) in [6.07, 6.45) is 2.12. The summed E-state index contributed by atoms with van der Waals surface area (Å²) in [7, 11) is 0. The molecule has 1 aromatic carbocycles. The number of hydrogen-bond donors (Lipinski definition) is 2. The van der Waals surface area contributed by atoms with Gasteiger partial charge in [0.15, 0.2) is 0 Å². The minimum Gasteiger partial charge on any atom is -0.277 e. The standard InChI is InChI=1S/C8H9N3O/c12-7-10-11-9-6-8-4-2-1-3-5-8/h1-7,11H,(H,10,12). The number of carbonyl (C=O) groups excluding carboxylic acids is 1. The number of benzene rings is 1. The molecule has 1 aromatic rings. The third kappa shape index (κ3) is 2.83. The number of hydrazine groups is 1. The average Bonchev–Trinajstić information content (AvgIpc) is 2.14. The molecule has 0 saturated carbocycles. The van der Waals surface area contributed by atoms with E-state index in [-0.39, 0.29) is 0 Å². The Morgan fingerprint density at radius 1 is 1.25 bits per heavy atom. The summed E-state index contributed by atoms with van der Waals surface area (Å²) in [6, 6.07) is 9.57. The maximum atomic E-state index is 9.77. The molecule has 4 nitrogen and oxygen atoms in total. The minimum atomic E-state index is 0.516. The Morgan fingerprint density at radius 2 is 2.00 bits per heavy atom. The van der Waals surface area contributed by atoms with Crippen molar-refractivity contribution in [3.8, 4) is 0 Å². The van der Waals surface area contributed by atoms with E-state index < -0.39 is 0 Å². The van der Waals surface area contributed by atoms with E-state index in [0.29, 0.717) is 6.41 Å². The average molecular weight is 163 g/mol. The fourth-order valence-corrected chi connectivity index (χ4v) is 0.710. The molecule has 0 aliphatic carbocycles. The first-order chi connectivity index (χ1) is 5.93. The van der Waals surface area contributed by atoms with Gasteiger partial charge >= 0.3 is 0 Å². The Bertz CT molecular complexity index is 258. The van der Waals surface area contributed by atoms with Crippen LogP contribution in [0.4, 0.5) is 0 Å². The third-order valence-corrected chi connectivity index (χ3v) is 1.20. The molecule has 0 bridgehead atoms.